The van der Waals surface area contributed by atoms with Crippen molar-refractivity contribution in [2.24, 2.45) is 0 Å². The van der Waals surface area contributed by atoms with Gasteiger partial charge >= 0.3 is 0 Å². The van der Waals surface area contributed by atoms with E-state index in [0.717, 1.165) is 15.8 Å². The third-order valence-electron chi connectivity index (χ3n) is 4.55. The van der Waals surface area contributed by atoms with E-state index >= 15 is 0 Å². The summed E-state index contributed by atoms with van der Waals surface area (Å²) >= 11 is 9.41. The van der Waals surface area contributed by atoms with E-state index in [9.17, 15) is 0 Å². The van der Waals surface area contributed by atoms with Gasteiger partial charge in [-0.05, 0) is 50.2 Å². The number of hydrogen-bond acceptors (Lipinski definition) is 2. The van der Waals surface area contributed by atoms with E-state index in [1.54, 1.807) is 0 Å². The Kier molecular flexibility index (Phi) is 8.63. The second-order valence-electron chi connectivity index (χ2n) is 6.91. The lowest BCUT2D eigenvalue weighted by molar-refractivity contribution is 0.197. The van der Waals surface area contributed by atoms with Crippen molar-refractivity contribution in [3.63, 3.8) is 0 Å². The van der Waals surface area contributed by atoms with E-state index in [1.165, 1.54) is 0 Å². The standard InChI is InChI=1S/C18H30BrClO2Si/c1-13(2)23(14(3)4,15(5)6)22-10-9-21-18-11-16(12-20)7-8-17(18)19/h7-8,11,13-15H,9-10,12H2,1-6H3. The van der Waals surface area contributed by atoms with Crippen LogP contribution in [0.2, 0.25) is 16.6 Å². The van der Waals surface area contributed by atoms with E-state index in [4.69, 9.17) is 20.8 Å². The average molecular weight is 422 g/mol. The fraction of sp³-hybridized carbons (Fsp3) is 0.667. The number of ether oxygens (including phenoxy) is 1. The monoisotopic (exact) mass is 420 g/mol. The SMILES string of the molecule is CC(C)[Si](OCCOc1cc(CCl)ccc1Br)(C(C)C)C(C)C. The number of halogens is 2. The maximum Gasteiger partial charge on any atom is 0.200 e. The molecular formula is C18H30BrClO2Si. The molecule has 23 heavy (non-hydrogen) atoms. The van der Waals surface area contributed by atoms with Crippen molar-refractivity contribution in [2.75, 3.05) is 13.2 Å². The van der Waals surface area contributed by atoms with Crippen LogP contribution >= 0.6 is 27.5 Å². The van der Waals surface area contributed by atoms with Crippen molar-refractivity contribution < 1.29 is 9.16 Å². The van der Waals surface area contributed by atoms with Crippen molar-refractivity contribution in [1.82, 2.24) is 0 Å². The maximum atomic E-state index is 6.50. The molecule has 0 saturated heterocycles. The number of rotatable bonds is 9. The molecule has 0 N–H and O–H groups in total. The minimum absolute atomic E-state index is 0.490. The fourth-order valence-electron chi connectivity index (χ4n) is 3.61. The van der Waals surface area contributed by atoms with Gasteiger partial charge in [0.25, 0.3) is 0 Å². The van der Waals surface area contributed by atoms with Crippen molar-refractivity contribution in [3.8, 4) is 5.75 Å². The first-order valence-corrected chi connectivity index (χ1v) is 11.8. The minimum Gasteiger partial charge on any atom is -0.490 e. The molecule has 0 radical (unpaired) electrons. The Hall–Kier alpha value is -0.0331. The van der Waals surface area contributed by atoms with E-state index < -0.39 is 8.32 Å². The van der Waals surface area contributed by atoms with Crippen LogP contribution in [0.15, 0.2) is 22.7 Å². The molecule has 0 atom stereocenters. The predicted molar refractivity (Wildman–Crippen MR) is 106 cm³/mol. The molecule has 0 aromatic heterocycles. The van der Waals surface area contributed by atoms with Gasteiger partial charge in [-0.15, -0.1) is 11.6 Å². The molecular weight excluding hydrogens is 392 g/mol. The Morgan fingerprint density at radius 2 is 1.57 bits per heavy atom. The van der Waals surface area contributed by atoms with Gasteiger partial charge in [0.15, 0.2) is 8.32 Å². The van der Waals surface area contributed by atoms with Gasteiger partial charge in [-0.3, -0.25) is 0 Å². The summed E-state index contributed by atoms with van der Waals surface area (Å²) in [5.41, 5.74) is 2.83. The molecule has 0 amide bonds. The molecule has 0 aliphatic rings. The summed E-state index contributed by atoms with van der Waals surface area (Å²) in [7, 11) is -1.81. The van der Waals surface area contributed by atoms with Gasteiger partial charge in [0.1, 0.15) is 12.4 Å². The second kappa shape index (κ2) is 9.45. The van der Waals surface area contributed by atoms with Crippen LogP contribution in [-0.2, 0) is 10.3 Å². The van der Waals surface area contributed by atoms with Gasteiger partial charge in [-0.2, -0.15) is 0 Å². The Labute approximate surface area is 156 Å². The lowest BCUT2D eigenvalue weighted by atomic mass is 10.2. The molecule has 0 saturated carbocycles. The summed E-state index contributed by atoms with van der Waals surface area (Å²) in [5, 5.41) is 0. The summed E-state index contributed by atoms with van der Waals surface area (Å²) in [6.45, 7) is 15.0. The molecule has 0 unspecified atom stereocenters. The Morgan fingerprint density at radius 1 is 1.00 bits per heavy atom. The zero-order valence-electron chi connectivity index (χ0n) is 15.2. The second-order valence-corrected chi connectivity index (χ2v) is 13.5. The van der Waals surface area contributed by atoms with E-state index in [2.05, 4.69) is 57.5 Å². The smallest absolute Gasteiger partial charge is 0.200 e. The van der Waals surface area contributed by atoms with Crippen LogP contribution in [0.25, 0.3) is 0 Å². The van der Waals surface area contributed by atoms with Gasteiger partial charge in [-0.25, -0.2) is 0 Å². The lowest BCUT2D eigenvalue weighted by Gasteiger charge is -2.42. The molecule has 0 aliphatic heterocycles. The summed E-state index contributed by atoms with van der Waals surface area (Å²) in [6.07, 6.45) is 0. The van der Waals surface area contributed by atoms with Gasteiger partial charge in [0.05, 0.1) is 11.1 Å². The largest absolute Gasteiger partial charge is 0.490 e. The Bertz CT molecular complexity index is 470. The highest BCUT2D eigenvalue weighted by Gasteiger charge is 2.44. The zero-order chi connectivity index (χ0) is 17.6. The van der Waals surface area contributed by atoms with Crippen molar-refractivity contribution in [1.29, 1.82) is 0 Å². The molecule has 0 heterocycles. The summed E-state index contributed by atoms with van der Waals surface area (Å²) in [6, 6.07) is 5.95. The van der Waals surface area contributed by atoms with Crippen LogP contribution in [0.3, 0.4) is 0 Å². The molecule has 0 fully saturated rings. The highest BCUT2D eigenvalue weighted by molar-refractivity contribution is 9.10. The quantitative estimate of drug-likeness (QED) is 0.249. The number of benzene rings is 1. The molecule has 1 aromatic carbocycles. The Morgan fingerprint density at radius 3 is 2.04 bits per heavy atom. The third-order valence-corrected chi connectivity index (χ3v) is 11.6. The maximum absolute atomic E-state index is 6.50. The topological polar surface area (TPSA) is 18.5 Å². The lowest BCUT2D eigenvalue weighted by Crippen LogP contribution is -2.48. The normalized spacial score (nSPS) is 12.5. The summed E-state index contributed by atoms with van der Waals surface area (Å²) in [4.78, 5) is 0. The molecule has 132 valence electrons. The van der Waals surface area contributed by atoms with Crippen molar-refractivity contribution in [3.05, 3.63) is 28.2 Å². The highest BCUT2D eigenvalue weighted by atomic mass is 79.9. The van der Waals surface area contributed by atoms with Crippen LogP contribution in [0.5, 0.6) is 5.75 Å². The van der Waals surface area contributed by atoms with Crippen LogP contribution in [0.1, 0.15) is 47.1 Å². The molecule has 2 nitrogen and oxygen atoms in total. The van der Waals surface area contributed by atoms with Gasteiger partial charge < -0.3 is 9.16 Å². The van der Waals surface area contributed by atoms with Crippen LogP contribution in [0.4, 0.5) is 0 Å². The van der Waals surface area contributed by atoms with Gasteiger partial charge in [0.2, 0.25) is 0 Å². The fourth-order valence-corrected chi connectivity index (χ4v) is 9.58. The first-order valence-electron chi connectivity index (χ1n) is 8.36. The van der Waals surface area contributed by atoms with Crippen molar-refractivity contribution in [2.45, 2.75) is 64.0 Å². The average Bonchev–Trinajstić information content (AvgIpc) is 2.47. The molecule has 1 rings (SSSR count). The number of hydrogen-bond donors (Lipinski definition) is 0. The summed E-state index contributed by atoms with van der Waals surface area (Å²) in [5.74, 6) is 1.32. The van der Waals surface area contributed by atoms with Crippen LogP contribution in [0, 0.1) is 0 Å². The summed E-state index contributed by atoms with van der Waals surface area (Å²) < 4.78 is 13.4. The van der Waals surface area contributed by atoms with E-state index in [0.29, 0.717) is 35.7 Å². The molecule has 0 spiro atoms. The molecule has 1 aromatic rings. The predicted octanol–water partition coefficient (Wildman–Crippen LogP) is 6.76. The van der Waals surface area contributed by atoms with E-state index in [1.807, 2.05) is 18.2 Å². The van der Waals surface area contributed by atoms with Crippen molar-refractivity contribution >= 4 is 35.8 Å². The zero-order valence-corrected chi connectivity index (χ0v) is 18.5. The Balaban J connectivity index is 2.68. The first-order chi connectivity index (χ1) is 10.8. The highest BCUT2D eigenvalue weighted by Crippen LogP contribution is 2.42. The van der Waals surface area contributed by atoms with Crippen LogP contribution < -0.4 is 4.74 Å². The minimum atomic E-state index is -1.81. The molecule has 5 heteroatoms. The first kappa shape index (κ1) is 21.0. The number of alkyl halides is 1. The third kappa shape index (κ3) is 5.22. The van der Waals surface area contributed by atoms with Gasteiger partial charge in [0, 0.05) is 5.88 Å². The van der Waals surface area contributed by atoms with Gasteiger partial charge in [-0.1, -0.05) is 47.6 Å². The van der Waals surface area contributed by atoms with E-state index in [-0.39, 0.29) is 0 Å². The molecule has 0 aliphatic carbocycles. The van der Waals surface area contributed by atoms with Crippen LogP contribution in [-0.4, -0.2) is 21.5 Å². The molecule has 0 bridgehead atoms.